The Bertz CT molecular complexity index is 518. The van der Waals surface area contributed by atoms with Gasteiger partial charge in [-0.2, -0.15) is 0 Å². The van der Waals surface area contributed by atoms with Gasteiger partial charge in [-0.25, -0.2) is 4.98 Å². The van der Waals surface area contributed by atoms with Gasteiger partial charge in [-0.15, -0.1) is 0 Å². The van der Waals surface area contributed by atoms with Gasteiger partial charge in [-0.05, 0) is 30.9 Å². The van der Waals surface area contributed by atoms with Crippen molar-refractivity contribution in [2.24, 2.45) is 5.92 Å². The maximum Gasteiger partial charge on any atom is 0.137 e. The molecule has 0 bridgehead atoms. The van der Waals surface area contributed by atoms with Crippen LogP contribution in [0, 0.1) is 5.92 Å². The normalized spacial score (nSPS) is 23.9. The number of imidazole rings is 1. The molecule has 0 aromatic carbocycles. The Balaban J connectivity index is 1.65. The Labute approximate surface area is 119 Å². The fraction of sp³-hybridized carbons (Fsp3) is 0.562. The number of hydrogen-bond acceptors (Lipinski definition) is 3. The van der Waals surface area contributed by atoms with Crippen molar-refractivity contribution in [2.75, 3.05) is 6.61 Å². The molecule has 0 spiro atoms. The van der Waals surface area contributed by atoms with Crippen LogP contribution in [0.1, 0.15) is 37.8 Å². The summed E-state index contributed by atoms with van der Waals surface area (Å²) in [6.07, 6.45) is 10.2. The highest BCUT2D eigenvalue weighted by molar-refractivity contribution is 5.39. The first-order valence-electron chi connectivity index (χ1n) is 7.63. The minimum Gasteiger partial charge on any atom is -0.396 e. The Morgan fingerprint density at radius 1 is 1.25 bits per heavy atom. The lowest BCUT2D eigenvalue weighted by Gasteiger charge is -2.24. The number of aliphatic hydroxyl groups is 1. The summed E-state index contributed by atoms with van der Waals surface area (Å²) < 4.78 is 2.05. The molecule has 2 heterocycles. The van der Waals surface area contributed by atoms with Gasteiger partial charge >= 0.3 is 0 Å². The summed E-state index contributed by atoms with van der Waals surface area (Å²) in [5, 5.41) is 13.1. The topological polar surface area (TPSA) is 49.6 Å². The second-order valence-corrected chi connectivity index (χ2v) is 5.77. The van der Waals surface area contributed by atoms with Crippen molar-refractivity contribution >= 4 is 5.65 Å². The smallest absolute Gasteiger partial charge is 0.137 e. The molecule has 1 aliphatic rings. The number of nitrogens with one attached hydrogen (secondary N) is 1. The molecule has 0 radical (unpaired) electrons. The molecule has 4 nitrogen and oxygen atoms in total. The number of fused-ring (bicyclic) bond motifs is 1. The van der Waals surface area contributed by atoms with Crippen LogP contribution in [0.3, 0.4) is 0 Å². The van der Waals surface area contributed by atoms with E-state index >= 15 is 0 Å². The minimum atomic E-state index is 0.294. The average molecular weight is 273 g/mol. The van der Waals surface area contributed by atoms with E-state index in [-0.39, 0.29) is 0 Å². The second-order valence-electron chi connectivity index (χ2n) is 5.77. The van der Waals surface area contributed by atoms with Crippen LogP contribution in [-0.4, -0.2) is 27.1 Å². The molecule has 3 rings (SSSR count). The van der Waals surface area contributed by atoms with E-state index in [1.54, 1.807) is 0 Å². The quantitative estimate of drug-likeness (QED) is 0.841. The number of pyridine rings is 1. The molecule has 0 aliphatic heterocycles. The van der Waals surface area contributed by atoms with Gasteiger partial charge in [0, 0.05) is 31.6 Å². The van der Waals surface area contributed by atoms with Crippen molar-refractivity contribution in [3.63, 3.8) is 0 Å². The highest BCUT2D eigenvalue weighted by atomic mass is 16.3. The van der Waals surface area contributed by atoms with Crippen LogP contribution in [-0.2, 0) is 6.54 Å². The van der Waals surface area contributed by atoms with Gasteiger partial charge in [0.1, 0.15) is 5.65 Å². The molecule has 20 heavy (non-hydrogen) atoms. The number of aliphatic hydroxyl groups excluding tert-OH is 1. The molecule has 2 aromatic rings. The zero-order valence-electron chi connectivity index (χ0n) is 11.8. The lowest BCUT2D eigenvalue weighted by atomic mass is 9.95. The predicted molar refractivity (Wildman–Crippen MR) is 79.5 cm³/mol. The minimum absolute atomic E-state index is 0.294. The Kier molecular flexibility index (Phi) is 4.33. The van der Waals surface area contributed by atoms with Gasteiger partial charge in [-0.3, -0.25) is 0 Å². The largest absolute Gasteiger partial charge is 0.396 e. The molecule has 1 fully saturated rings. The van der Waals surface area contributed by atoms with Gasteiger partial charge in [0.05, 0.1) is 5.69 Å². The summed E-state index contributed by atoms with van der Waals surface area (Å²) in [6.45, 7) is 1.08. The van der Waals surface area contributed by atoms with Crippen LogP contribution < -0.4 is 5.32 Å². The van der Waals surface area contributed by atoms with E-state index < -0.39 is 0 Å². The van der Waals surface area contributed by atoms with Crippen LogP contribution in [0.4, 0.5) is 0 Å². The SMILES string of the molecule is OCC1CCCCCC1NCc1cn2ccccc2n1. The zero-order valence-corrected chi connectivity index (χ0v) is 11.8. The second kappa shape index (κ2) is 6.37. The standard InChI is InChI=1S/C16H23N3O/c20-12-13-6-2-1-3-7-15(13)17-10-14-11-19-9-5-4-8-16(19)18-14/h4-5,8-9,11,13,15,17,20H,1-3,6-7,10,12H2. The molecule has 1 aliphatic carbocycles. The Hall–Kier alpha value is -1.39. The average Bonchev–Trinajstić information content (AvgIpc) is 2.75. The third kappa shape index (κ3) is 3.02. The monoisotopic (exact) mass is 273 g/mol. The van der Waals surface area contributed by atoms with Crippen molar-refractivity contribution in [2.45, 2.75) is 44.7 Å². The maximum absolute atomic E-state index is 9.54. The van der Waals surface area contributed by atoms with Crippen molar-refractivity contribution in [3.05, 3.63) is 36.3 Å². The van der Waals surface area contributed by atoms with Crippen LogP contribution in [0.5, 0.6) is 0 Å². The van der Waals surface area contributed by atoms with E-state index in [0.717, 1.165) is 24.3 Å². The highest BCUT2D eigenvalue weighted by Gasteiger charge is 2.22. The summed E-state index contributed by atoms with van der Waals surface area (Å²) >= 11 is 0. The van der Waals surface area contributed by atoms with E-state index in [2.05, 4.69) is 16.5 Å². The Morgan fingerprint density at radius 3 is 3.00 bits per heavy atom. The van der Waals surface area contributed by atoms with Crippen molar-refractivity contribution in [1.82, 2.24) is 14.7 Å². The first-order chi connectivity index (χ1) is 9.86. The van der Waals surface area contributed by atoms with Crippen molar-refractivity contribution < 1.29 is 5.11 Å². The molecule has 2 atom stereocenters. The van der Waals surface area contributed by atoms with Gasteiger partial charge in [0.15, 0.2) is 0 Å². The molecular formula is C16H23N3O. The number of hydrogen-bond donors (Lipinski definition) is 2. The summed E-state index contributed by atoms with van der Waals surface area (Å²) in [7, 11) is 0. The fourth-order valence-corrected chi connectivity index (χ4v) is 3.18. The summed E-state index contributed by atoms with van der Waals surface area (Å²) in [5.41, 5.74) is 2.06. The third-order valence-corrected chi connectivity index (χ3v) is 4.35. The summed E-state index contributed by atoms with van der Waals surface area (Å²) in [5.74, 6) is 0.398. The van der Waals surface area contributed by atoms with Crippen molar-refractivity contribution in [3.8, 4) is 0 Å². The maximum atomic E-state index is 9.54. The summed E-state index contributed by atoms with van der Waals surface area (Å²) in [6, 6.07) is 6.46. The number of aromatic nitrogens is 2. The lowest BCUT2D eigenvalue weighted by molar-refractivity contribution is 0.181. The number of nitrogens with zero attached hydrogens (tertiary/aromatic N) is 2. The molecular weight excluding hydrogens is 250 g/mol. The van der Waals surface area contributed by atoms with Crippen LogP contribution in [0.25, 0.3) is 5.65 Å². The predicted octanol–water partition coefficient (Wildman–Crippen LogP) is 2.37. The number of rotatable bonds is 4. The highest BCUT2D eigenvalue weighted by Crippen LogP contribution is 2.23. The lowest BCUT2D eigenvalue weighted by Crippen LogP contribution is -2.36. The molecule has 2 aromatic heterocycles. The Morgan fingerprint density at radius 2 is 2.15 bits per heavy atom. The molecule has 0 amide bonds. The van der Waals surface area contributed by atoms with Crippen LogP contribution in [0.2, 0.25) is 0 Å². The van der Waals surface area contributed by atoms with E-state index in [4.69, 9.17) is 0 Å². The molecule has 108 valence electrons. The first-order valence-corrected chi connectivity index (χ1v) is 7.63. The van der Waals surface area contributed by atoms with Crippen LogP contribution in [0.15, 0.2) is 30.6 Å². The van der Waals surface area contributed by atoms with E-state index in [1.807, 2.05) is 28.8 Å². The summed E-state index contributed by atoms with van der Waals surface area (Å²) in [4.78, 5) is 4.61. The molecule has 1 saturated carbocycles. The van der Waals surface area contributed by atoms with E-state index in [9.17, 15) is 5.11 Å². The van der Waals surface area contributed by atoms with Gasteiger partial charge < -0.3 is 14.8 Å². The van der Waals surface area contributed by atoms with E-state index in [0.29, 0.717) is 18.6 Å². The third-order valence-electron chi connectivity index (χ3n) is 4.35. The first kappa shape index (κ1) is 13.6. The van der Waals surface area contributed by atoms with Crippen molar-refractivity contribution in [1.29, 1.82) is 0 Å². The molecule has 4 heteroatoms. The van der Waals surface area contributed by atoms with Gasteiger partial charge in [0.2, 0.25) is 0 Å². The molecule has 2 N–H and O–H groups in total. The van der Waals surface area contributed by atoms with Gasteiger partial charge in [-0.1, -0.05) is 25.3 Å². The zero-order chi connectivity index (χ0) is 13.8. The fourth-order valence-electron chi connectivity index (χ4n) is 3.18. The van der Waals surface area contributed by atoms with Crippen LogP contribution >= 0.6 is 0 Å². The van der Waals surface area contributed by atoms with E-state index in [1.165, 1.54) is 25.7 Å². The molecule has 0 saturated heterocycles. The van der Waals surface area contributed by atoms with Gasteiger partial charge in [0.25, 0.3) is 0 Å². The molecule has 2 unspecified atom stereocenters.